The van der Waals surface area contributed by atoms with E-state index in [1.807, 2.05) is 13.8 Å². The van der Waals surface area contributed by atoms with Gasteiger partial charge in [0.1, 0.15) is 0 Å². The number of thioether (sulfide) groups is 2. The van der Waals surface area contributed by atoms with E-state index in [0.29, 0.717) is 44.2 Å². The van der Waals surface area contributed by atoms with Gasteiger partial charge in [-0.3, -0.25) is 20.2 Å². The first-order valence-corrected chi connectivity index (χ1v) is 14.0. The van der Waals surface area contributed by atoms with Gasteiger partial charge in [0.15, 0.2) is 11.6 Å². The lowest BCUT2D eigenvalue weighted by atomic mass is 10.4. The van der Waals surface area contributed by atoms with Crippen LogP contribution in [-0.4, -0.2) is 67.5 Å². The molecule has 0 aliphatic carbocycles. The summed E-state index contributed by atoms with van der Waals surface area (Å²) in [6.07, 6.45) is 5.72. The van der Waals surface area contributed by atoms with Crippen LogP contribution in [0.25, 0.3) is 0 Å². The highest BCUT2D eigenvalue weighted by atomic mass is 32.2. The van der Waals surface area contributed by atoms with Gasteiger partial charge < -0.3 is 31.2 Å². The third-order valence-corrected chi connectivity index (χ3v) is 6.86. The second-order valence-electron chi connectivity index (χ2n) is 7.77. The summed E-state index contributed by atoms with van der Waals surface area (Å²) in [5.41, 5.74) is 4.07. The topological polar surface area (TPSA) is 192 Å². The maximum atomic E-state index is 10.9. The molecule has 204 valence electrons. The Morgan fingerprint density at radius 2 is 1.22 bits per heavy atom. The second kappa shape index (κ2) is 17.1. The second-order valence-corrected chi connectivity index (χ2v) is 9.98. The molecule has 0 bridgehead atoms. The molecule has 0 saturated carbocycles. The molecule has 0 aliphatic heterocycles. The minimum Gasteiger partial charge on any atom is -0.367 e. The molecule has 0 saturated heterocycles. The summed E-state index contributed by atoms with van der Waals surface area (Å²) < 4.78 is 0. The molecule has 0 atom stereocenters. The Morgan fingerprint density at radius 3 is 1.57 bits per heavy atom. The highest BCUT2D eigenvalue weighted by Crippen LogP contribution is 2.12. The number of nitrogens with one attached hydrogen (secondary N) is 6. The Balaban J connectivity index is 1.62. The Hall–Kier alpha value is -3.40. The molecule has 14 nitrogen and oxygen atoms in total. The van der Waals surface area contributed by atoms with Crippen LogP contribution in [-0.2, 0) is 11.5 Å². The van der Waals surface area contributed by atoms with Gasteiger partial charge >= 0.3 is 0 Å². The average molecular weight is 555 g/mol. The third-order valence-electron chi connectivity index (χ3n) is 4.92. The van der Waals surface area contributed by atoms with E-state index in [-0.39, 0.29) is 0 Å². The molecule has 6 N–H and O–H groups in total. The first kappa shape index (κ1) is 29.8. The van der Waals surface area contributed by atoms with E-state index in [1.54, 1.807) is 36.2 Å². The Morgan fingerprint density at radius 1 is 0.811 bits per heavy atom. The maximum absolute atomic E-state index is 10.9. The van der Waals surface area contributed by atoms with Crippen LogP contribution in [0.3, 0.4) is 0 Å². The predicted octanol–water partition coefficient (Wildman–Crippen LogP) is 1.82. The summed E-state index contributed by atoms with van der Waals surface area (Å²) in [6, 6.07) is 0. The summed E-state index contributed by atoms with van der Waals surface area (Å²) in [5.74, 6) is 3.69. The maximum Gasteiger partial charge on any atom is 0.274 e. The largest absolute Gasteiger partial charge is 0.367 e. The summed E-state index contributed by atoms with van der Waals surface area (Å²) in [7, 11) is 0. The lowest BCUT2D eigenvalue weighted by Crippen LogP contribution is -2.33. The highest BCUT2D eigenvalue weighted by Gasteiger charge is 2.06. The van der Waals surface area contributed by atoms with Gasteiger partial charge in [-0.15, -0.1) is 0 Å². The van der Waals surface area contributed by atoms with Crippen LogP contribution in [0.15, 0.2) is 36.7 Å². The number of aromatic nitrogens is 4. The zero-order valence-electron chi connectivity index (χ0n) is 20.9. The first-order chi connectivity index (χ1) is 17.8. The summed E-state index contributed by atoms with van der Waals surface area (Å²) in [5, 5.41) is 34.0. The van der Waals surface area contributed by atoms with E-state index < -0.39 is 9.85 Å². The number of aromatic amines is 2. The van der Waals surface area contributed by atoms with Gasteiger partial charge in [-0.1, -0.05) is 0 Å². The molecule has 0 aliphatic rings. The monoisotopic (exact) mass is 554 g/mol. The van der Waals surface area contributed by atoms with Crippen LogP contribution in [0.5, 0.6) is 0 Å². The fraction of sp³-hybridized carbons (Fsp3) is 0.524. The SMILES string of the molecule is Cc1[nH]cnc1CSCCNC(=C[N+](=O)[O-])NCCCNC(=C[N+](=O)[O-])NCCSCc1nc[nH]c1C. The van der Waals surface area contributed by atoms with Crippen LogP contribution in [0, 0.1) is 34.1 Å². The first-order valence-electron chi connectivity index (χ1n) is 11.6. The van der Waals surface area contributed by atoms with Crippen LogP contribution in [0.2, 0.25) is 0 Å². The van der Waals surface area contributed by atoms with E-state index in [9.17, 15) is 20.2 Å². The van der Waals surface area contributed by atoms with Crippen molar-refractivity contribution in [3.05, 3.63) is 79.7 Å². The van der Waals surface area contributed by atoms with Crippen LogP contribution >= 0.6 is 23.5 Å². The number of H-pyrrole nitrogens is 2. The van der Waals surface area contributed by atoms with Crippen molar-refractivity contribution in [3.8, 4) is 0 Å². The average Bonchev–Trinajstić information content (AvgIpc) is 3.44. The molecule has 0 aromatic carbocycles. The van der Waals surface area contributed by atoms with Gasteiger partial charge in [-0.05, 0) is 20.3 Å². The van der Waals surface area contributed by atoms with Crippen molar-refractivity contribution in [2.24, 2.45) is 0 Å². The summed E-state index contributed by atoms with van der Waals surface area (Å²) in [6.45, 7) is 5.93. The standard InChI is InChI=1S/C21H34N10O4S2/c1-16-18(28-14-26-16)12-36-8-6-24-20(10-30(32)33)22-4-3-5-23-21(11-31(34)35)25-7-9-37-13-19-17(2)27-15-29-19/h10-11,14-15,22-25H,3-9,12-13H2,1-2H3,(H,26,28)(H,27,29). The van der Waals surface area contributed by atoms with Gasteiger partial charge in [0.25, 0.3) is 12.4 Å². The van der Waals surface area contributed by atoms with Crippen molar-refractivity contribution < 1.29 is 9.85 Å². The molecular formula is C21H34N10O4S2. The number of nitro groups is 2. The molecule has 2 aromatic heterocycles. The number of imidazole rings is 2. The van der Waals surface area contributed by atoms with Crippen LogP contribution in [0.4, 0.5) is 0 Å². The van der Waals surface area contributed by atoms with Crippen LogP contribution in [0.1, 0.15) is 29.2 Å². The molecule has 2 aromatic rings. The van der Waals surface area contributed by atoms with E-state index in [0.717, 1.165) is 58.2 Å². The number of rotatable bonds is 20. The minimum atomic E-state index is -0.513. The molecule has 0 amide bonds. The van der Waals surface area contributed by atoms with Crippen molar-refractivity contribution in [1.29, 1.82) is 0 Å². The van der Waals surface area contributed by atoms with Crippen molar-refractivity contribution in [3.63, 3.8) is 0 Å². The molecule has 0 radical (unpaired) electrons. The predicted molar refractivity (Wildman–Crippen MR) is 146 cm³/mol. The van der Waals surface area contributed by atoms with Gasteiger partial charge in [0, 0.05) is 60.6 Å². The Bertz CT molecular complexity index is 960. The number of nitrogens with zero attached hydrogens (tertiary/aromatic N) is 4. The van der Waals surface area contributed by atoms with E-state index in [4.69, 9.17) is 0 Å². The number of aryl methyl sites for hydroxylation is 2. The smallest absolute Gasteiger partial charge is 0.274 e. The molecular weight excluding hydrogens is 520 g/mol. The van der Waals surface area contributed by atoms with Crippen molar-refractivity contribution in [1.82, 2.24) is 41.2 Å². The van der Waals surface area contributed by atoms with E-state index in [2.05, 4.69) is 41.2 Å². The molecule has 0 fully saturated rings. The van der Waals surface area contributed by atoms with Gasteiger partial charge in [-0.25, -0.2) is 9.97 Å². The van der Waals surface area contributed by atoms with E-state index >= 15 is 0 Å². The number of hydrogen-bond acceptors (Lipinski definition) is 12. The fourth-order valence-corrected chi connectivity index (χ4v) is 4.72. The highest BCUT2D eigenvalue weighted by molar-refractivity contribution is 7.98. The quantitative estimate of drug-likeness (QED) is 0.0791. The van der Waals surface area contributed by atoms with Crippen molar-refractivity contribution in [2.45, 2.75) is 31.8 Å². The fourth-order valence-electron chi connectivity index (χ4n) is 2.97. The Labute approximate surface area is 223 Å². The normalized spacial score (nSPS) is 11.8. The van der Waals surface area contributed by atoms with Gasteiger partial charge in [0.2, 0.25) is 0 Å². The third kappa shape index (κ3) is 12.9. The Kier molecular flexibility index (Phi) is 13.8. The lowest BCUT2D eigenvalue weighted by molar-refractivity contribution is -0.404. The summed E-state index contributed by atoms with van der Waals surface area (Å²) >= 11 is 3.36. The molecule has 2 rings (SSSR count). The molecule has 0 unspecified atom stereocenters. The molecule has 0 spiro atoms. The number of hydrogen-bond donors (Lipinski definition) is 6. The van der Waals surface area contributed by atoms with Crippen molar-refractivity contribution in [2.75, 3.05) is 37.7 Å². The lowest BCUT2D eigenvalue weighted by Gasteiger charge is -2.13. The minimum absolute atomic E-state index is 0.324. The molecule has 2 heterocycles. The zero-order valence-corrected chi connectivity index (χ0v) is 22.5. The molecule has 16 heteroatoms. The van der Waals surface area contributed by atoms with Crippen LogP contribution < -0.4 is 21.3 Å². The summed E-state index contributed by atoms with van der Waals surface area (Å²) in [4.78, 5) is 35.4. The van der Waals surface area contributed by atoms with Crippen molar-refractivity contribution >= 4 is 23.5 Å². The van der Waals surface area contributed by atoms with Gasteiger partial charge in [0.05, 0.1) is 33.9 Å². The van der Waals surface area contributed by atoms with E-state index in [1.165, 1.54) is 0 Å². The van der Waals surface area contributed by atoms with Gasteiger partial charge in [-0.2, -0.15) is 23.5 Å². The molecule has 37 heavy (non-hydrogen) atoms. The zero-order chi connectivity index (χ0) is 26.9.